The lowest BCUT2D eigenvalue weighted by atomic mass is 9.87. The van der Waals surface area contributed by atoms with Gasteiger partial charge in [0, 0.05) is 31.8 Å². The van der Waals surface area contributed by atoms with Crippen molar-refractivity contribution in [2.75, 3.05) is 18.9 Å². The van der Waals surface area contributed by atoms with E-state index >= 15 is 0 Å². The van der Waals surface area contributed by atoms with Crippen LogP contribution in [0.1, 0.15) is 11.5 Å². The fourth-order valence-electron chi connectivity index (χ4n) is 2.96. The fraction of sp³-hybridized carbons (Fsp3) is 0.235. The van der Waals surface area contributed by atoms with Crippen molar-refractivity contribution in [3.63, 3.8) is 0 Å². The third-order valence-electron chi connectivity index (χ3n) is 4.14. The Kier molecular flexibility index (Phi) is 4.67. The molecule has 1 aromatic carbocycles. The van der Waals surface area contributed by atoms with Crippen LogP contribution in [0.4, 0.5) is 14.5 Å². The Labute approximate surface area is 147 Å². The summed E-state index contributed by atoms with van der Waals surface area (Å²) in [6.45, 7) is 0.181. The molecule has 8 heteroatoms. The number of likely N-dealkylation sites (tertiary alicyclic amines) is 1. The number of carbonyl (C=O) groups excluding carboxylic acids is 2. The summed E-state index contributed by atoms with van der Waals surface area (Å²) in [5.41, 5.74) is 0.522. The van der Waals surface area contributed by atoms with Gasteiger partial charge in [0.15, 0.2) is 0 Å². The molecule has 1 saturated heterocycles. The third kappa shape index (κ3) is 3.46. The van der Waals surface area contributed by atoms with Crippen LogP contribution in [0.2, 0.25) is 5.02 Å². The maximum absolute atomic E-state index is 13.5. The molecule has 0 bridgehead atoms. The molecule has 0 radical (unpaired) electrons. The van der Waals surface area contributed by atoms with Crippen molar-refractivity contribution in [1.29, 1.82) is 0 Å². The van der Waals surface area contributed by atoms with Gasteiger partial charge in [0.05, 0.1) is 16.9 Å². The summed E-state index contributed by atoms with van der Waals surface area (Å²) >= 11 is 5.99. The predicted molar refractivity (Wildman–Crippen MR) is 88.1 cm³/mol. The molecule has 3 rings (SSSR count). The van der Waals surface area contributed by atoms with Gasteiger partial charge in [-0.3, -0.25) is 14.6 Å². The molecule has 1 aromatic heterocycles. The number of nitrogens with one attached hydrogen (secondary N) is 1. The van der Waals surface area contributed by atoms with Crippen LogP contribution in [0.3, 0.4) is 0 Å². The number of likely N-dealkylation sites (N-methyl/N-ethyl adjacent to an activating group) is 1. The van der Waals surface area contributed by atoms with Crippen LogP contribution in [0, 0.1) is 17.6 Å². The van der Waals surface area contributed by atoms with E-state index in [0.717, 1.165) is 18.2 Å². The summed E-state index contributed by atoms with van der Waals surface area (Å²) in [5.74, 6) is -4.32. The summed E-state index contributed by atoms with van der Waals surface area (Å²) in [4.78, 5) is 30.3. The van der Waals surface area contributed by atoms with Crippen LogP contribution in [0.25, 0.3) is 0 Å². The topological polar surface area (TPSA) is 62.3 Å². The van der Waals surface area contributed by atoms with E-state index in [1.807, 2.05) is 0 Å². The number of amides is 2. The highest BCUT2D eigenvalue weighted by Crippen LogP contribution is 2.35. The van der Waals surface area contributed by atoms with Crippen molar-refractivity contribution in [3.05, 3.63) is 58.9 Å². The molecule has 1 aliphatic rings. The number of nitrogens with zero attached hydrogens (tertiary/aromatic N) is 2. The lowest BCUT2D eigenvalue weighted by Gasteiger charge is -2.17. The lowest BCUT2D eigenvalue weighted by molar-refractivity contribution is -0.135. The molecule has 1 N–H and O–H groups in total. The van der Waals surface area contributed by atoms with Crippen molar-refractivity contribution in [1.82, 2.24) is 9.88 Å². The molecule has 130 valence electrons. The van der Waals surface area contributed by atoms with Crippen molar-refractivity contribution < 1.29 is 18.4 Å². The van der Waals surface area contributed by atoms with Gasteiger partial charge >= 0.3 is 0 Å². The molecule has 1 aliphatic heterocycles. The maximum Gasteiger partial charge on any atom is 0.237 e. The Morgan fingerprint density at radius 1 is 1.32 bits per heavy atom. The molecular weight excluding hydrogens is 352 g/mol. The summed E-state index contributed by atoms with van der Waals surface area (Å²) < 4.78 is 27.1. The normalized spacial score (nSPS) is 20.0. The summed E-state index contributed by atoms with van der Waals surface area (Å²) in [6, 6.07) is 4.52. The number of hydrogen-bond donors (Lipinski definition) is 1. The van der Waals surface area contributed by atoms with E-state index in [1.165, 1.54) is 30.4 Å². The second-order valence-electron chi connectivity index (χ2n) is 5.85. The van der Waals surface area contributed by atoms with E-state index in [4.69, 9.17) is 11.6 Å². The van der Waals surface area contributed by atoms with Crippen molar-refractivity contribution in [2.45, 2.75) is 5.92 Å². The van der Waals surface area contributed by atoms with Crippen LogP contribution < -0.4 is 5.32 Å². The first-order valence-electron chi connectivity index (χ1n) is 7.48. The van der Waals surface area contributed by atoms with Gasteiger partial charge in [-0.05, 0) is 23.8 Å². The Morgan fingerprint density at radius 3 is 2.64 bits per heavy atom. The largest absolute Gasteiger partial charge is 0.344 e. The van der Waals surface area contributed by atoms with E-state index in [9.17, 15) is 18.4 Å². The molecule has 0 saturated carbocycles. The average molecular weight is 366 g/mol. The number of rotatable bonds is 3. The van der Waals surface area contributed by atoms with E-state index in [0.29, 0.717) is 0 Å². The van der Waals surface area contributed by atoms with E-state index in [1.54, 1.807) is 0 Å². The smallest absolute Gasteiger partial charge is 0.237 e. The quantitative estimate of drug-likeness (QED) is 0.851. The number of anilines is 1. The highest BCUT2D eigenvalue weighted by atomic mass is 35.5. The van der Waals surface area contributed by atoms with Crippen LogP contribution >= 0.6 is 11.6 Å². The summed E-state index contributed by atoms with van der Waals surface area (Å²) in [5, 5.41) is 2.84. The molecule has 2 aromatic rings. The van der Waals surface area contributed by atoms with Gasteiger partial charge in [-0.1, -0.05) is 11.6 Å². The van der Waals surface area contributed by atoms with Gasteiger partial charge in [0.1, 0.15) is 17.6 Å². The van der Waals surface area contributed by atoms with Crippen LogP contribution in [-0.4, -0.2) is 35.3 Å². The fourth-order valence-corrected chi connectivity index (χ4v) is 3.11. The first-order valence-corrected chi connectivity index (χ1v) is 7.86. The molecule has 1 fully saturated rings. The Hall–Kier alpha value is -2.54. The second-order valence-corrected chi connectivity index (χ2v) is 6.26. The van der Waals surface area contributed by atoms with Crippen LogP contribution in [0.15, 0.2) is 36.7 Å². The lowest BCUT2D eigenvalue weighted by Crippen LogP contribution is -2.32. The minimum atomic E-state index is -1.11. The van der Waals surface area contributed by atoms with Crippen molar-refractivity contribution in [3.8, 4) is 0 Å². The van der Waals surface area contributed by atoms with E-state index in [2.05, 4.69) is 10.3 Å². The van der Waals surface area contributed by atoms with Crippen molar-refractivity contribution >= 4 is 29.1 Å². The standard InChI is InChI=1S/C17H14ClF2N3O2/c1-23-8-12(9-4-10(19)6-11(20)5-9)15(17(23)25)16(24)22-14-7-21-3-2-13(14)18/h2-7,12,15H,8H2,1H3,(H,22,24)/t12-,15+/m1/s1. The Balaban J connectivity index is 1.92. The van der Waals surface area contributed by atoms with E-state index < -0.39 is 35.3 Å². The molecule has 2 amide bonds. The summed E-state index contributed by atoms with van der Waals surface area (Å²) in [7, 11) is 1.54. The first-order chi connectivity index (χ1) is 11.9. The Bertz CT molecular complexity index is 826. The van der Waals surface area contributed by atoms with Gasteiger partial charge < -0.3 is 10.2 Å². The molecule has 0 spiro atoms. The van der Waals surface area contributed by atoms with Crippen LogP contribution in [-0.2, 0) is 9.59 Å². The van der Waals surface area contributed by atoms with Gasteiger partial charge in [0.25, 0.3) is 0 Å². The monoisotopic (exact) mass is 365 g/mol. The zero-order chi connectivity index (χ0) is 18.1. The SMILES string of the molecule is CN1C[C@H](c2cc(F)cc(F)c2)[C@@H](C(=O)Nc2cnccc2Cl)C1=O. The second kappa shape index (κ2) is 6.76. The zero-order valence-corrected chi connectivity index (χ0v) is 13.9. The van der Waals surface area contributed by atoms with Gasteiger partial charge in [-0.2, -0.15) is 0 Å². The molecule has 0 aliphatic carbocycles. The van der Waals surface area contributed by atoms with Gasteiger partial charge in [-0.25, -0.2) is 8.78 Å². The molecule has 2 atom stereocenters. The minimum absolute atomic E-state index is 0.181. The third-order valence-corrected chi connectivity index (χ3v) is 4.47. The first kappa shape index (κ1) is 17.3. The summed E-state index contributed by atoms with van der Waals surface area (Å²) in [6.07, 6.45) is 2.82. The number of halogens is 3. The number of carbonyl (C=O) groups is 2. The predicted octanol–water partition coefficient (Wildman–Crippen LogP) is 2.82. The average Bonchev–Trinajstić information content (AvgIpc) is 2.84. The molecule has 25 heavy (non-hydrogen) atoms. The number of aromatic nitrogens is 1. The molecular formula is C17H14ClF2N3O2. The van der Waals surface area contributed by atoms with Gasteiger partial charge in [-0.15, -0.1) is 0 Å². The number of pyridine rings is 1. The molecule has 0 unspecified atom stereocenters. The zero-order valence-electron chi connectivity index (χ0n) is 13.2. The number of hydrogen-bond acceptors (Lipinski definition) is 3. The number of benzene rings is 1. The van der Waals surface area contributed by atoms with Gasteiger partial charge in [0.2, 0.25) is 11.8 Å². The maximum atomic E-state index is 13.5. The highest BCUT2D eigenvalue weighted by Gasteiger charge is 2.44. The Morgan fingerprint density at radius 2 is 2.00 bits per heavy atom. The highest BCUT2D eigenvalue weighted by molar-refractivity contribution is 6.33. The van der Waals surface area contributed by atoms with Crippen LogP contribution in [0.5, 0.6) is 0 Å². The minimum Gasteiger partial charge on any atom is -0.344 e. The molecule has 5 nitrogen and oxygen atoms in total. The van der Waals surface area contributed by atoms with E-state index in [-0.39, 0.29) is 22.8 Å². The molecule has 2 heterocycles. The van der Waals surface area contributed by atoms with Crippen molar-refractivity contribution in [2.24, 2.45) is 5.92 Å².